The highest BCUT2D eigenvalue weighted by Gasteiger charge is 2.33. The number of carbonyl (C=O) groups is 1. The summed E-state index contributed by atoms with van der Waals surface area (Å²) in [5.74, 6) is 0.0851. The van der Waals surface area contributed by atoms with Gasteiger partial charge >= 0.3 is 0 Å². The van der Waals surface area contributed by atoms with Crippen LogP contribution in [0.15, 0.2) is 18.2 Å². The number of benzene rings is 1. The normalized spacial score (nSPS) is 23.4. The minimum atomic E-state index is -0.185. The highest BCUT2D eigenvalue weighted by molar-refractivity contribution is 6.02. The number of hydrogen-bond donors (Lipinski definition) is 2. The summed E-state index contributed by atoms with van der Waals surface area (Å²) in [7, 11) is 0. The van der Waals surface area contributed by atoms with E-state index in [-0.39, 0.29) is 11.9 Å². The van der Waals surface area contributed by atoms with Crippen LogP contribution in [-0.2, 0) is 4.79 Å². The second kappa shape index (κ2) is 5.78. The van der Waals surface area contributed by atoms with Crippen molar-refractivity contribution in [2.45, 2.75) is 51.7 Å². The van der Waals surface area contributed by atoms with Crippen molar-refractivity contribution in [3.05, 3.63) is 29.3 Å². The fourth-order valence-corrected chi connectivity index (χ4v) is 3.36. The molecule has 0 bridgehead atoms. The number of carbonyl (C=O) groups excluding carboxylic acids is 1. The highest BCUT2D eigenvalue weighted by atomic mass is 16.2. The van der Waals surface area contributed by atoms with E-state index in [0.29, 0.717) is 12.1 Å². The minimum absolute atomic E-state index is 0.0851. The van der Waals surface area contributed by atoms with Crippen molar-refractivity contribution in [1.82, 2.24) is 10.2 Å². The molecule has 1 unspecified atom stereocenters. The second-order valence-electron chi connectivity index (χ2n) is 6.58. The van der Waals surface area contributed by atoms with Crippen molar-refractivity contribution in [2.75, 3.05) is 18.4 Å². The Morgan fingerprint density at radius 3 is 2.67 bits per heavy atom. The van der Waals surface area contributed by atoms with Crippen molar-refractivity contribution in [3.63, 3.8) is 0 Å². The van der Waals surface area contributed by atoms with E-state index < -0.39 is 0 Å². The van der Waals surface area contributed by atoms with E-state index >= 15 is 0 Å². The lowest BCUT2D eigenvalue weighted by molar-refractivity contribution is -0.118. The maximum absolute atomic E-state index is 12.2. The Balaban J connectivity index is 1.67. The number of piperidine rings is 1. The number of amides is 1. The van der Waals surface area contributed by atoms with Crippen molar-refractivity contribution >= 4 is 11.6 Å². The van der Waals surface area contributed by atoms with E-state index in [0.717, 1.165) is 37.2 Å². The lowest BCUT2D eigenvalue weighted by atomic mass is 10.00. The first-order chi connectivity index (χ1) is 10.0. The number of nitrogens with one attached hydrogen (secondary N) is 2. The zero-order valence-electron chi connectivity index (χ0n) is 13.1. The fourth-order valence-electron chi connectivity index (χ4n) is 3.36. The standard InChI is InChI=1S/C17H25N3O/c1-11(2)20-8-6-13(7-9-20)18-16-14-10-12(3)4-5-15(14)19-17(16)21/h4-5,10-11,13,16,18H,6-9H2,1-3H3,(H,19,21). The summed E-state index contributed by atoms with van der Waals surface area (Å²) >= 11 is 0. The van der Waals surface area contributed by atoms with E-state index in [2.05, 4.69) is 42.4 Å². The first kappa shape index (κ1) is 14.5. The molecule has 2 aliphatic rings. The third-order valence-corrected chi connectivity index (χ3v) is 4.70. The molecule has 4 heteroatoms. The Labute approximate surface area is 126 Å². The predicted octanol–water partition coefficient (Wildman–Crippen LogP) is 2.45. The van der Waals surface area contributed by atoms with Gasteiger partial charge in [-0.05, 0) is 52.8 Å². The molecule has 1 atom stereocenters. The van der Waals surface area contributed by atoms with Gasteiger partial charge in [-0.2, -0.15) is 0 Å². The number of likely N-dealkylation sites (tertiary alicyclic amines) is 1. The molecule has 1 fully saturated rings. The van der Waals surface area contributed by atoms with Gasteiger partial charge in [0.05, 0.1) is 0 Å². The Bertz CT molecular complexity index is 533. The number of fused-ring (bicyclic) bond motifs is 1. The molecule has 2 heterocycles. The maximum atomic E-state index is 12.2. The quantitative estimate of drug-likeness (QED) is 0.897. The van der Waals surface area contributed by atoms with Gasteiger partial charge in [0.2, 0.25) is 5.91 Å². The Hall–Kier alpha value is -1.39. The van der Waals surface area contributed by atoms with Gasteiger partial charge < -0.3 is 10.2 Å². The van der Waals surface area contributed by atoms with Crippen LogP contribution in [0.1, 0.15) is 43.9 Å². The van der Waals surface area contributed by atoms with Gasteiger partial charge in [-0.3, -0.25) is 10.1 Å². The Kier molecular flexibility index (Phi) is 4.00. The van der Waals surface area contributed by atoms with Gasteiger partial charge in [0.15, 0.2) is 0 Å². The lowest BCUT2D eigenvalue weighted by Gasteiger charge is -2.35. The summed E-state index contributed by atoms with van der Waals surface area (Å²) in [6, 6.07) is 7.03. The molecule has 3 rings (SSSR count). The molecule has 1 saturated heterocycles. The largest absolute Gasteiger partial charge is 0.324 e. The molecule has 21 heavy (non-hydrogen) atoms. The summed E-state index contributed by atoms with van der Waals surface area (Å²) in [4.78, 5) is 14.7. The highest BCUT2D eigenvalue weighted by Crippen LogP contribution is 2.32. The molecule has 1 aromatic carbocycles. The van der Waals surface area contributed by atoms with Crippen LogP contribution >= 0.6 is 0 Å². The van der Waals surface area contributed by atoms with E-state index in [1.807, 2.05) is 12.1 Å². The summed E-state index contributed by atoms with van der Waals surface area (Å²) < 4.78 is 0. The first-order valence-corrected chi connectivity index (χ1v) is 7.96. The summed E-state index contributed by atoms with van der Waals surface area (Å²) in [6.45, 7) is 8.80. The van der Waals surface area contributed by atoms with E-state index in [1.165, 1.54) is 5.56 Å². The molecular weight excluding hydrogens is 262 g/mol. The van der Waals surface area contributed by atoms with Gasteiger partial charge in [-0.1, -0.05) is 17.7 Å². The maximum Gasteiger partial charge on any atom is 0.246 e. The molecule has 1 aromatic rings. The van der Waals surface area contributed by atoms with Crippen LogP contribution in [0.3, 0.4) is 0 Å². The van der Waals surface area contributed by atoms with E-state index in [4.69, 9.17) is 0 Å². The molecule has 0 radical (unpaired) electrons. The minimum Gasteiger partial charge on any atom is -0.324 e. The van der Waals surface area contributed by atoms with Crippen LogP contribution in [0.5, 0.6) is 0 Å². The first-order valence-electron chi connectivity index (χ1n) is 7.96. The average molecular weight is 287 g/mol. The van der Waals surface area contributed by atoms with Crippen LogP contribution in [0, 0.1) is 6.92 Å². The second-order valence-corrected chi connectivity index (χ2v) is 6.58. The number of nitrogens with zero attached hydrogens (tertiary/aromatic N) is 1. The van der Waals surface area contributed by atoms with Gasteiger partial charge in [0.25, 0.3) is 0 Å². The smallest absolute Gasteiger partial charge is 0.246 e. The number of rotatable bonds is 3. The van der Waals surface area contributed by atoms with Crippen LogP contribution in [0.25, 0.3) is 0 Å². The monoisotopic (exact) mass is 287 g/mol. The van der Waals surface area contributed by atoms with Crippen molar-refractivity contribution in [3.8, 4) is 0 Å². The zero-order valence-corrected chi connectivity index (χ0v) is 13.1. The third-order valence-electron chi connectivity index (χ3n) is 4.70. The van der Waals surface area contributed by atoms with Crippen LogP contribution in [-0.4, -0.2) is 36.0 Å². The number of anilines is 1. The molecule has 2 N–H and O–H groups in total. The third kappa shape index (κ3) is 2.97. The number of aryl methyl sites for hydroxylation is 1. The van der Waals surface area contributed by atoms with Crippen molar-refractivity contribution < 1.29 is 4.79 Å². The van der Waals surface area contributed by atoms with Crippen molar-refractivity contribution in [2.24, 2.45) is 0 Å². The van der Waals surface area contributed by atoms with Gasteiger partial charge in [0, 0.05) is 23.3 Å². The van der Waals surface area contributed by atoms with Gasteiger partial charge in [-0.15, -0.1) is 0 Å². The molecule has 1 amide bonds. The van der Waals surface area contributed by atoms with Crippen molar-refractivity contribution in [1.29, 1.82) is 0 Å². The van der Waals surface area contributed by atoms with E-state index in [1.54, 1.807) is 0 Å². The van der Waals surface area contributed by atoms with E-state index in [9.17, 15) is 4.79 Å². The SMILES string of the molecule is Cc1ccc2c(c1)C(NC1CCN(C(C)C)CC1)C(=O)N2. The zero-order chi connectivity index (χ0) is 15.0. The van der Waals surface area contributed by atoms with Crippen LogP contribution in [0.4, 0.5) is 5.69 Å². The predicted molar refractivity (Wildman–Crippen MR) is 85.4 cm³/mol. The van der Waals surface area contributed by atoms with Crippen LogP contribution in [0.2, 0.25) is 0 Å². The average Bonchev–Trinajstić information content (AvgIpc) is 2.76. The molecule has 0 saturated carbocycles. The molecule has 114 valence electrons. The Morgan fingerprint density at radius 2 is 2.00 bits per heavy atom. The molecule has 0 aliphatic carbocycles. The summed E-state index contributed by atoms with van der Waals surface area (Å²) in [5.41, 5.74) is 3.26. The molecule has 0 spiro atoms. The molecule has 2 aliphatic heterocycles. The Morgan fingerprint density at radius 1 is 1.29 bits per heavy atom. The number of hydrogen-bond acceptors (Lipinski definition) is 3. The van der Waals surface area contributed by atoms with Gasteiger partial charge in [0.1, 0.15) is 6.04 Å². The fraction of sp³-hybridized carbons (Fsp3) is 0.588. The van der Waals surface area contributed by atoms with Gasteiger partial charge in [-0.25, -0.2) is 0 Å². The topological polar surface area (TPSA) is 44.4 Å². The molecular formula is C17H25N3O. The summed E-state index contributed by atoms with van der Waals surface area (Å²) in [5, 5.41) is 6.55. The lowest BCUT2D eigenvalue weighted by Crippen LogP contribution is -2.46. The molecule has 4 nitrogen and oxygen atoms in total. The summed E-state index contributed by atoms with van der Waals surface area (Å²) in [6.07, 6.45) is 2.23. The van der Waals surface area contributed by atoms with Crippen LogP contribution < -0.4 is 10.6 Å². The molecule has 0 aromatic heterocycles.